The number of piperidine rings is 1. The number of hydrogen-bond donors (Lipinski definition) is 4. The van der Waals surface area contributed by atoms with E-state index in [1.54, 1.807) is 12.1 Å². The molecule has 0 aromatic heterocycles. The molecular formula is C26H33N3O7S. The van der Waals surface area contributed by atoms with E-state index in [4.69, 9.17) is 0 Å². The van der Waals surface area contributed by atoms with Crippen LogP contribution in [0.15, 0.2) is 59.5 Å². The van der Waals surface area contributed by atoms with E-state index in [1.165, 1.54) is 24.0 Å². The maximum absolute atomic E-state index is 13.5. The molecule has 37 heavy (non-hydrogen) atoms. The highest BCUT2D eigenvalue weighted by molar-refractivity contribution is 7.89. The zero-order chi connectivity index (χ0) is 27.2. The van der Waals surface area contributed by atoms with E-state index in [0.29, 0.717) is 0 Å². The van der Waals surface area contributed by atoms with Crippen molar-refractivity contribution >= 4 is 27.8 Å². The molecule has 0 saturated carbocycles. The third-order valence-corrected chi connectivity index (χ3v) is 7.92. The molecule has 0 spiro atoms. The van der Waals surface area contributed by atoms with Crippen molar-refractivity contribution in [2.24, 2.45) is 5.92 Å². The minimum Gasteiger partial charge on any atom is -0.480 e. The number of sulfonamides is 1. The zero-order valence-electron chi connectivity index (χ0n) is 20.8. The lowest BCUT2D eigenvalue weighted by atomic mass is 9.94. The molecule has 200 valence electrons. The van der Waals surface area contributed by atoms with Gasteiger partial charge in [0.2, 0.25) is 21.8 Å². The molecule has 1 fully saturated rings. The monoisotopic (exact) mass is 531 g/mol. The number of carboxylic acid groups (broad SMARTS) is 1. The molecule has 1 heterocycles. The second kappa shape index (κ2) is 12.3. The lowest BCUT2D eigenvalue weighted by molar-refractivity contribution is -0.146. The van der Waals surface area contributed by atoms with E-state index >= 15 is 0 Å². The van der Waals surface area contributed by atoms with Gasteiger partial charge in [0.1, 0.15) is 6.04 Å². The number of nitrogens with one attached hydrogen (secondary N) is 2. The molecule has 2 aromatic carbocycles. The van der Waals surface area contributed by atoms with Gasteiger partial charge < -0.3 is 20.4 Å². The number of aliphatic hydroxyl groups excluding tert-OH is 1. The SMILES string of the molecule is Cc1ccc(S(=O)(=O)N[C@@H](Cc2ccccc2)C(=O)N2CCC(C(=O)N[C@H](C(=O)O)C(C)O)CC2)cc1. The van der Waals surface area contributed by atoms with Crippen LogP contribution >= 0.6 is 0 Å². The minimum atomic E-state index is -3.97. The predicted octanol–water partition coefficient (Wildman–Crippen LogP) is 1.07. The van der Waals surface area contributed by atoms with Gasteiger partial charge in [0, 0.05) is 19.0 Å². The summed E-state index contributed by atoms with van der Waals surface area (Å²) in [4.78, 5) is 38.9. The van der Waals surface area contributed by atoms with Crippen LogP contribution in [-0.4, -0.2) is 72.6 Å². The van der Waals surface area contributed by atoms with E-state index in [1.807, 2.05) is 37.3 Å². The summed E-state index contributed by atoms with van der Waals surface area (Å²) in [6.07, 6.45) is -0.540. The van der Waals surface area contributed by atoms with Gasteiger partial charge in [-0.15, -0.1) is 0 Å². The van der Waals surface area contributed by atoms with Gasteiger partial charge in [0.15, 0.2) is 6.04 Å². The van der Waals surface area contributed by atoms with E-state index in [2.05, 4.69) is 10.0 Å². The highest BCUT2D eigenvalue weighted by atomic mass is 32.2. The number of carbonyl (C=O) groups excluding carboxylic acids is 2. The van der Waals surface area contributed by atoms with Crippen molar-refractivity contribution in [2.75, 3.05) is 13.1 Å². The molecule has 4 N–H and O–H groups in total. The molecule has 2 amide bonds. The Kier molecular flexibility index (Phi) is 9.41. The van der Waals surface area contributed by atoms with Crippen LogP contribution in [0.5, 0.6) is 0 Å². The lowest BCUT2D eigenvalue weighted by Gasteiger charge is -2.34. The molecule has 0 radical (unpaired) electrons. The fourth-order valence-corrected chi connectivity index (χ4v) is 5.43. The summed E-state index contributed by atoms with van der Waals surface area (Å²) >= 11 is 0. The fraction of sp³-hybridized carbons (Fsp3) is 0.423. The number of benzene rings is 2. The predicted molar refractivity (Wildman–Crippen MR) is 136 cm³/mol. The first kappa shape index (κ1) is 28.3. The first-order chi connectivity index (χ1) is 17.5. The Morgan fingerprint density at radius 2 is 1.62 bits per heavy atom. The molecule has 0 bridgehead atoms. The maximum atomic E-state index is 13.5. The Morgan fingerprint density at radius 1 is 1.03 bits per heavy atom. The van der Waals surface area contributed by atoms with Crippen molar-refractivity contribution in [1.82, 2.24) is 14.9 Å². The van der Waals surface area contributed by atoms with E-state index in [-0.39, 0.29) is 37.2 Å². The smallest absolute Gasteiger partial charge is 0.328 e. The number of likely N-dealkylation sites (tertiary alicyclic amines) is 1. The Morgan fingerprint density at radius 3 is 2.16 bits per heavy atom. The van der Waals surface area contributed by atoms with Gasteiger partial charge in [-0.05, 0) is 50.8 Å². The second-order valence-electron chi connectivity index (χ2n) is 9.34. The van der Waals surface area contributed by atoms with Gasteiger partial charge in [-0.2, -0.15) is 4.72 Å². The van der Waals surface area contributed by atoms with Gasteiger partial charge in [-0.1, -0.05) is 48.0 Å². The number of amides is 2. The number of carbonyl (C=O) groups is 3. The Labute approximate surface area is 216 Å². The third-order valence-electron chi connectivity index (χ3n) is 6.43. The molecule has 11 heteroatoms. The molecular weight excluding hydrogens is 498 g/mol. The van der Waals surface area contributed by atoms with E-state index < -0.39 is 51.9 Å². The molecule has 2 aromatic rings. The fourth-order valence-electron chi connectivity index (χ4n) is 4.24. The van der Waals surface area contributed by atoms with Gasteiger partial charge in [-0.3, -0.25) is 9.59 Å². The summed E-state index contributed by atoms with van der Waals surface area (Å²) in [6, 6.07) is 13.0. The summed E-state index contributed by atoms with van der Waals surface area (Å²) in [7, 11) is -3.97. The van der Waals surface area contributed by atoms with Crippen LogP contribution in [0.4, 0.5) is 0 Å². The summed E-state index contributed by atoms with van der Waals surface area (Å²) in [5.74, 6) is -2.76. The van der Waals surface area contributed by atoms with Gasteiger partial charge >= 0.3 is 5.97 Å². The normalized spacial score (nSPS) is 17.0. The van der Waals surface area contributed by atoms with Crippen molar-refractivity contribution in [3.05, 3.63) is 65.7 Å². The second-order valence-corrected chi connectivity index (χ2v) is 11.1. The van der Waals surface area contributed by atoms with Gasteiger partial charge in [0.25, 0.3) is 0 Å². The number of aliphatic hydroxyl groups is 1. The average molecular weight is 532 g/mol. The van der Waals surface area contributed by atoms with Crippen LogP contribution in [0, 0.1) is 12.8 Å². The first-order valence-electron chi connectivity index (χ1n) is 12.1. The standard InChI is InChI=1S/C26H33N3O7S/c1-17-8-10-21(11-9-17)37(35,36)28-22(16-19-6-4-3-5-7-19)25(32)29-14-12-20(13-15-29)24(31)27-23(18(2)30)26(33)34/h3-11,18,20,22-23,28,30H,12-16H2,1-2H3,(H,27,31)(H,33,34)/t18?,22-,23-/m0/s1. The largest absolute Gasteiger partial charge is 0.480 e. The van der Waals surface area contributed by atoms with Crippen molar-refractivity contribution in [2.45, 2.75) is 56.2 Å². The van der Waals surface area contributed by atoms with Crippen molar-refractivity contribution in [1.29, 1.82) is 0 Å². The summed E-state index contributed by atoms with van der Waals surface area (Å²) in [5.41, 5.74) is 1.70. The van der Waals surface area contributed by atoms with E-state index in [9.17, 15) is 33.0 Å². The summed E-state index contributed by atoms with van der Waals surface area (Å²) in [6.45, 7) is 3.55. The van der Waals surface area contributed by atoms with Gasteiger partial charge in [0.05, 0.1) is 11.0 Å². The molecule has 1 unspecified atom stereocenters. The highest BCUT2D eigenvalue weighted by Crippen LogP contribution is 2.20. The van der Waals surface area contributed by atoms with E-state index in [0.717, 1.165) is 11.1 Å². The van der Waals surface area contributed by atoms with Crippen molar-refractivity contribution < 1.29 is 33.0 Å². The van der Waals surface area contributed by atoms with Crippen molar-refractivity contribution in [3.63, 3.8) is 0 Å². The van der Waals surface area contributed by atoms with Crippen LogP contribution in [0.3, 0.4) is 0 Å². The molecule has 1 aliphatic rings. The lowest BCUT2D eigenvalue weighted by Crippen LogP contribution is -2.54. The number of rotatable bonds is 10. The number of hydrogen-bond acceptors (Lipinski definition) is 6. The molecule has 1 aliphatic heterocycles. The molecule has 1 saturated heterocycles. The van der Waals surface area contributed by atoms with Crippen LogP contribution in [0.1, 0.15) is 30.9 Å². The molecule has 3 rings (SSSR count). The Hall–Kier alpha value is -3.28. The summed E-state index contributed by atoms with van der Waals surface area (Å²) in [5, 5.41) is 21.2. The molecule has 10 nitrogen and oxygen atoms in total. The Balaban J connectivity index is 1.71. The zero-order valence-corrected chi connectivity index (χ0v) is 21.6. The average Bonchev–Trinajstić information content (AvgIpc) is 2.86. The summed E-state index contributed by atoms with van der Waals surface area (Å²) < 4.78 is 28.7. The molecule has 3 atom stereocenters. The topological polar surface area (TPSA) is 153 Å². The third kappa shape index (κ3) is 7.61. The first-order valence-corrected chi connectivity index (χ1v) is 13.6. The quantitative estimate of drug-likeness (QED) is 0.358. The van der Waals surface area contributed by atoms with Crippen LogP contribution in [0.2, 0.25) is 0 Å². The highest BCUT2D eigenvalue weighted by Gasteiger charge is 2.35. The molecule has 0 aliphatic carbocycles. The van der Waals surface area contributed by atoms with Crippen molar-refractivity contribution in [3.8, 4) is 0 Å². The van der Waals surface area contributed by atoms with Crippen LogP contribution in [0.25, 0.3) is 0 Å². The van der Waals surface area contributed by atoms with Crippen LogP contribution < -0.4 is 10.0 Å². The maximum Gasteiger partial charge on any atom is 0.328 e. The minimum absolute atomic E-state index is 0.0606. The van der Waals surface area contributed by atoms with Gasteiger partial charge in [-0.25, -0.2) is 13.2 Å². The number of nitrogens with zero attached hydrogens (tertiary/aromatic N) is 1. The number of aliphatic carboxylic acids is 1. The Bertz CT molecular complexity index is 1190. The van der Waals surface area contributed by atoms with Crippen LogP contribution in [-0.2, 0) is 30.8 Å². The number of carboxylic acids is 1. The number of aryl methyl sites for hydroxylation is 1.